The summed E-state index contributed by atoms with van der Waals surface area (Å²) >= 11 is 6.13. The van der Waals surface area contributed by atoms with Crippen molar-refractivity contribution in [2.24, 2.45) is 0 Å². The van der Waals surface area contributed by atoms with E-state index in [1.54, 1.807) is 0 Å². The van der Waals surface area contributed by atoms with Gasteiger partial charge in [-0.3, -0.25) is 0 Å². The third-order valence-electron chi connectivity index (χ3n) is 2.98. The summed E-state index contributed by atoms with van der Waals surface area (Å²) < 4.78 is 5.38. The molecule has 0 aromatic heterocycles. The highest BCUT2D eigenvalue weighted by Gasteiger charge is 2.11. The molecule has 0 amide bonds. The van der Waals surface area contributed by atoms with Crippen LogP contribution in [0.25, 0.3) is 0 Å². The molecular weight excluding hydrogens is 262 g/mol. The minimum Gasteiger partial charge on any atom is -0.389 e. The van der Waals surface area contributed by atoms with E-state index in [0.717, 1.165) is 23.4 Å². The monoisotopic (exact) mass is 285 g/mol. The molecule has 0 spiro atoms. The van der Waals surface area contributed by atoms with Crippen molar-refractivity contribution in [3.8, 4) is 0 Å². The Kier molecular flexibility index (Phi) is 8.07. The number of ether oxygens (including phenoxy) is 1. The van der Waals surface area contributed by atoms with Crippen LogP contribution in [0.3, 0.4) is 0 Å². The summed E-state index contributed by atoms with van der Waals surface area (Å²) in [7, 11) is 0. The van der Waals surface area contributed by atoms with Gasteiger partial charge in [-0.15, -0.1) is 0 Å². The summed E-state index contributed by atoms with van der Waals surface area (Å²) in [6, 6.07) is 7.85. The minimum absolute atomic E-state index is 0.110. The Bertz CT molecular complexity index is 360. The standard InChI is InChI=1S/C15H24ClNO2/c1-3-4-9-19-11-13(18)10-17-12(2)14-7-5-6-8-15(14)16/h5-8,12-13,17-18H,3-4,9-11H2,1-2H3/t12-,13?/m0/s1. The summed E-state index contributed by atoms with van der Waals surface area (Å²) in [5.74, 6) is 0. The van der Waals surface area contributed by atoms with E-state index >= 15 is 0 Å². The lowest BCUT2D eigenvalue weighted by atomic mass is 10.1. The van der Waals surface area contributed by atoms with E-state index in [-0.39, 0.29) is 6.04 Å². The molecule has 0 heterocycles. The van der Waals surface area contributed by atoms with E-state index in [1.165, 1.54) is 0 Å². The Morgan fingerprint density at radius 2 is 2.11 bits per heavy atom. The van der Waals surface area contributed by atoms with Crippen LogP contribution in [0.1, 0.15) is 38.3 Å². The van der Waals surface area contributed by atoms with Gasteiger partial charge in [-0.05, 0) is 25.0 Å². The number of aliphatic hydroxyl groups excluding tert-OH is 1. The lowest BCUT2D eigenvalue weighted by molar-refractivity contribution is 0.0348. The van der Waals surface area contributed by atoms with Gasteiger partial charge in [0, 0.05) is 24.2 Å². The van der Waals surface area contributed by atoms with Crippen molar-refractivity contribution in [2.75, 3.05) is 19.8 Å². The van der Waals surface area contributed by atoms with E-state index < -0.39 is 6.10 Å². The van der Waals surface area contributed by atoms with E-state index in [9.17, 15) is 5.11 Å². The summed E-state index contributed by atoms with van der Waals surface area (Å²) in [5, 5.41) is 13.8. The third-order valence-corrected chi connectivity index (χ3v) is 3.33. The predicted octanol–water partition coefficient (Wildman–Crippen LogP) is 3.17. The second-order valence-electron chi connectivity index (χ2n) is 4.73. The maximum atomic E-state index is 9.79. The highest BCUT2D eigenvalue weighted by atomic mass is 35.5. The van der Waals surface area contributed by atoms with Crippen molar-refractivity contribution in [3.63, 3.8) is 0 Å². The van der Waals surface area contributed by atoms with Crippen molar-refractivity contribution in [1.29, 1.82) is 0 Å². The zero-order chi connectivity index (χ0) is 14.1. The highest BCUT2D eigenvalue weighted by Crippen LogP contribution is 2.21. The van der Waals surface area contributed by atoms with E-state index in [0.29, 0.717) is 19.8 Å². The molecule has 1 aromatic carbocycles. The topological polar surface area (TPSA) is 41.5 Å². The maximum absolute atomic E-state index is 9.79. The van der Waals surface area contributed by atoms with Gasteiger partial charge in [0.05, 0.1) is 12.7 Å². The van der Waals surface area contributed by atoms with Crippen molar-refractivity contribution < 1.29 is 9.84 Å². The summed E-state index contributed by atoms with van der Waals surface area (Å²) in [6.07, 6.45) is 1.66. The number of halogens is 1. The highest BCUT2D eigenvalue weighted by molar-refractivity contribution is 6.31. The molecule has 1 unspecified atom stereocenters. The van der Waals surface area contributed by atoms with Gasteiger partial charge < -0.3 is 15.2 Å². The first kappa shape index (κ1) is 16.4. The number of rotatable bonds is 9. The largest absolute Gasteiger partial charge is 0.389 e. The number of aliphatic hydroxyl groups is 1. The third kappa shape index (κ3) is 6.39. The normalized spacial score (nSPS) is 14.3. The van der Waals surface area contributed by atoms with Crippen LogP contribution >= 0.6 is 11.6 Å². The van der Waals surface area contributed by atoms with Gasteiger partial charge in [-0.2, -0.15) is 0 Å². The lowest BCUT2D eigenvalue weighted by Gasteiger charge is -2.18. The first-order chi connectivity index (χ1) is 9.15. The molecule has 0 aliphatic rings. The second kappa shape index (κ2) is 9.32. The quantitative estimate of drug-likeness (QED) is 0.685. The molecule has 0 bridgehead atoms. The second-order valence-corrected chi connectivity index (χ2v) is 5.14. The Morgan fingerprint density at radius 1 is 1.37 bits per heavy atom. The molecule has 19 heavy (non-hydrogen) atoms. The number of nitrogens with one attached hydrogen (secondary N) is 1. The van der Waals surface area contributed by atoms with E-state index in [2.05, 4.69) is 12.2 Å². The van der Waals surface area contributed by atoms with Gasteiger partial charge >= 0.3 is 0 Å². The van der Waals surface area contributed by atoms with Gasteiger partial charge in [-0.1, -0.05) is 43.1 Å². The van der Waals surface area contributed by atoms with E-state index in [4.69, 9.17) is 16.3 Å². The van der Waals surface area contributed by atoms with E-state index in [1.807, 2.05) is 31.2 Å². The molecule has 1 aromatic rings. The molecule has 2 N–H and O–H groups in total. The molecule has 2 atom stereocenters. The fraction of sp³-hybridized carbons (Fsp3) is 0.600. The molecule has 1 rings (SSSR count). The van der Waals surface area contributed by atoms with Gasteiger partial charge in [-0.25, -0.2) is 0 Å². The smallest absolute Gasteiger partial charge is 0.0897 e. The molecule has 3 nitrogen and oxygen atoms in total. The van der Waals surface area contributed by atoms with Crippen molar-refractivity contribution in [1.82, 2.24) is 5.32 Å². The minimum atomic E-state index is -0.484. The van der Waals surface area contributed by atoms with Crippen molar-refractivity contribution in [3.05, 3.63) is 34.9 Å². The predicted molar refractivity (Wildman–Crippen MR) is 79.6 cm³/mol. The molecule has 0 radical (unpaired) electrons. The van der Waals surface area contributed by atoms with Crippen LogP contribution in [0, 0.1) is 0 Å². The molecular formula is C15H24ClNO2. The van der Waals surface area contributed by atoms with Crippen molar-refractivity contribution >= 4 is 11.6 Å². The fourth-order valence-corrected chi connectivity index (χ4v) is 2.07. The molecule has 108 valence electrons. The first-order valence-electron chi connectivity index (χ1n) is 6.88. The molecule has 0 aliphatic carbocycles. The Hall–Kier alpha value is -0.610. The van der Waals surface area contributed by atoms with Crippen LogP contribution in [0.15, 0.2) is 24.3 Å². The summed E-state index contributed by atoms with van der Waals surface area (Å²) in [4.78, 5) is 0. The first-order valence-corrected chi connectivity index (χ1v) is 7.26. The van der Waals surface area contributed by atoms with Crippen LogP contribution in [0.4, 0.5) is 0 Å². The van der Waals surface area contributed by atoms with Gasteiger partial charge in [0.25, 0.3) is 0 Å². The lowest BCUT2D eigenvalue weighted by Crippen LogP contribution is -2.32. The zero-order valence-corrected chi connectivity index (χ0v) is 12.5. The Balaban J connectivity index is 2.26. The molecule has 0 aliphatic heterocycles. The Morgan fingerprint density at radius 3 is 2.79 bits per heavy atom. The molecule has 0 fully saturated rings. The average Bonchev–Trinajstić information content (AvgIpc) is 2.41. The number of hydrogen-bond donors (Lipinski definition) is 2. The molecule has 4 heteroatoms. The number of hydrogen-bond acceptors (Lipinski definition) is 3. The van der Waals surface area contributed by atoms with Crippen molar-refractivity contribution in [2.45, 2.75) is 38.8 Å². The van der Waals surface area contributed by atoms with Crippen LogP contribution in [-0.4, -0.2) is 31.0 Å². The van der Waals surface area contributed by atoms with Gasteiger partial charge in [0.1, 0.15) is 0 Å². The fourth-order valence-electron chi connectivity index (χ4n) is 1.77. The summed E-state index contributed by atoms with van der Waals surface area (Å²) in [5.41, 5.74) is 1.04. The molecule has 0 saturated heterocycles. The number of benzene rings is 1. The Labute approximate surface area is 120 Å². The van der Waals surface area contributed by atoms with Crippen LogP contribution in [0.5, 0.6) is 0 Å². The summed E-state index contributed by atoms with van der Waals surface area (Å²) in [6.45, 7) is 5.74. The van der Waals surface area contributed by atoms with Gasteiger partial charge in [0.2, 0.25) is 0 Å². The van der Waals surface area contributed by atoms with Crippen LogP contribution < -0.4 is 5.32 Å². The zero-order valence-electron chi connectivity index (χ0n) is 11.7. The van der Waals surface area contributed by atoms with Gasteiger partial charge in [0.15, 0.2) is 0 Å². The SMILES string of the molecule is CCCCOCC(O)CN[C@@H](C)c1ccccc1Cl. The number of unbranched alkanes of at least 4 members (excludes halogenated alkanes) is 1. The maximum Gasteiger partial charge on any atom is 0.0897 e. The molecule has 0 saturated carbocycles. The average molecular weight is 286 g/mol. The van der Waals surface area contributed by atoms with Crippen LogP contribution in [-0.2, 0) is 4.74 Å². The van der Waals surface area contributed by atoms with Crippen LogP contribution in [0.2, 0.25) is 5.02 Å².